The number of rotatable bonds is 6. The first-order chi connectivity index (χ1) is 30.3. The van der Waals surface area contributed by atoms with Gasteiger partial charge in [0.2, 0.25) is 0 Å². The predicted molar refractivity (Wildman–Crippen MR) is 302 cm³/mol. The zero-order chi connectivity index (χ0) is 45.9. The highest BCUT2D eigenvalue weighted by molar-refractivity contribution is 14.1. The van der Waals surface area contributed by atoms with Crippen LogP contribution in [0.2, 0.25) is 0 Å². The van der Waals surface area contributed by atoms with Crippen LogP contribution in [0.1, 0.15) is 70.2 Å². The molecule has 2 aliphatic rings. The summed E-state index contributed by atoms with van der Waals surface area (Å²) in [5, 5.41) is 0. The van der Waals surface area contributed by atoms with E-state index in [1.165, 1.54) is 37.0 Å². The Morgan fingerprint density at radius 3 is 0.848 bits per heavy atom. The van der Waals surface area contributed by atoms with Gasteiger partial charge in [0.15, 0.2) is 0 Å². The lowest BCUT2D eigenvalue weighted by Gasteiger charge is -2.32. The normalized spacial score (nSPS) is 16.1. The third-order valence-electron chi connectivity index (χ3n) is 12.3. The summed E-state index contributed by atoms with van der Waals surface area (Å²) in [6.45, 7) is 16.6. The van der Waals surface area contributed by atoms with Crippen LogP contribution in [0.25, 0.3) is 44.5 Å². The van der Waals surface area contributed by atoms with E-state index < -0.39 is 0 Å². The fourth-order valence-corrected chi connectivity index (χ4v) is 9.41. The quantitative estimate of drug-likeness (QED) is 0.123. The summed E-state index contributed by atoms with van der Waals surface area (Å²) in [5.74, 6) is 0. The second-order valence-electron chi connectivity index (χ2n) is 18.0. The minimum absolute atomic E-state index is 0. The molecule has 7 aromatic carbocycles. The lowest BCUT2D eigenvalue weighted by atomic mass is 9.76. The van der Waals surface area contributed by atoms with Gasteiger partial charge in [-0.1, -0.05) is 178 Å². The second-order valence-corrected chi connectivity index (χ2v) is 22.0. The highest BCUT2D eigenvalue weighted by Gasteiger charge is 2.52. The van der Waals surface area contributed by atoms with E-state index in [4.69, 9.17) is 18.6 Å². The maximum Gasteiger partial charge on any atom is 0.494 e. The molecule has 0 N–H and O–H groups in total. The largest absolute Gasteiger partial charge is 0.494 e. The summed E-state index contributed by atoms with van der Waals surface area (Å²) in [5.41, 5.74) is 10.1. The summed E-state index contributed by atoms with van der Waals surface area (Å²) in [6, 6.07) is 59.1. The molecular weight excluding hydrogens is 1120 g/mol. The van der Waals surface area contributed by atoms with Crippen molar-refractivity contribution in [2.45, 2.75) is 92.6 Å². The van der Waals surface area contributed by atoms with Crippen LogP contribution < -0.4 is 10.9 Å². The Balaban J connectivity index is 0.000000208. The molecule has 0 radical (unpaired) electrons. The van der Waals surface area contributed by atoms with Crippen molar-refractivity contribution in [3.63, 3.8) is 0 Å². The fraction of sp³-hybridized carbons (Fsp3) is 0.250. The number of halogens is 4. The van der Waals surface area contributed by atoms with E-state index in [0.717, 1.165) is 35.5 Å². The smallest absolute Gasteiger partial charge is 0.399 e. The van der Waals surface area contributed by atoms with Gasteiger partial charge in [0.1, 0.15) is 0 Å². The molecule has 9 rings (SSSR count). The molecule has 0 amide bonds. The summed E-state index contributed by atoms with van der Waals surface area (Å²) in [6.07, 6.45) is 0. The van der Waals surface area contributed by atoms with E-state index in [1.807, 2.05) is 12.1 Å². The molecule has 66 heavy (non-hydrogen) atoms. The van der Waals surface area contributed by atoms with Gasteiger partial charge in [0, 0.05) is 17.0 Å². The topological polar surface area (TPSA) is 36.9 Å². The minimum atomic E-state index is -0.374. The minimum Gasteiger partial charge on any atom is -0.399 e. The van der Waals surface area contributed by atoms with Gasteiger partial charge in [-0.05, 0) is 188 Å². The van der Waals surface area contributed by atoms with Crippen molar-refractivity contribution in [1.29, 1.82) is 0 Å². The van der Waals surface area contributed by atoms with Gasteiger partial charge in [-0.25, -0.2) is 0 Å². The molecule has 0 spiro atoms. The van der Waals surface area contributed by atoms with E-state index in [9.17, 15) is 0 Å². The molecule has 2 saturated heterocycles. The van der Waals surface area contributed by atoms with Crippen molar-refractivity contribution in [2.75, 3.05) is 0 Å². The van der Waals surface area contributed by atoms with Crippen LogP contribution in [0.15, 0.2) is 183 Å². The first-order valence-corrected chi connectivity index (χ1v) is 24.8. The van der Waals surface area contributed by atoms with Gasteiger partial charge in [-0.15, -0.1) is 0 Å². The molecule has 0 unspecified atom stereocenters. The van der Waals surface area contributed by atoms with Crippen molar-refractivity contribution in [1.82, 2.24) is 0 Å². The molecule has 0 saturated carbocycles. The van der Waals surface area contributed by atoms with Gasteiger partial charge >= 0.3 is 14.2 Å². The maximum atomic E-state index is 6.23. The van der Waals surface area contributed by atoms with Crippen molar-refractivity contribution in [3.05, 3.63) is 187 Å². The Morgan fingerprint density at radius 1 is 0.333 bits per heavy atom. The third-order valence-corrected chi connectivity index (χ3v) is 14.5. The lowest BCUT2D eigenvalue weighted by Crippen LogP contribution is -2.41. The fourth-order valence-electron chi connectivity index (χ4n) is 7.24. The highest BCUT2D eigenvalue weighted by atomic mass is 127. The summed E-state index contributed by atoms with van der Waals surface area (Å²) in [7, 11) is -0.748. The molecule has 7 aromatic rings. The molecule has 10 heteroatoms. The summed E-state index contributed by atoms with van der Waals surface area (Å²) < 4.78 is 29.5. The monoisotopic (exact) mass is 1180 g/mol. The zero-order valence-electron chi connectivity index (χ0n) is 37.5. The Labute approximate surface area is 434 Å². The summed E-state index contributed by atoms with van der Waals surface area (Å²) in [4.78, 5) is 0. The predicted octanol–water partition coefficient (Wildman–Crippen LogP) is 16.5. The van der Waals surface area contributed by atoms with Gasteiger partial charge in [-0.3, -0.25) is 0 Å². The number of hydrogen-bond acceptors (Lipinski definition) is 4. The van der Waals surface area contributed by atoms with Crippen molar-refractivity contribution >= 4 is 95.5 Å². The molecule has 0 atom stereocenters. The Morgan fingerprint density at radius 2 is 0.576 bits per heavy atom. The van der Waals surface area contributed by atoms with Gasteiger partial charge in [0.05, 0.1) is 22.4 Å². The molecule has 2 fully saturated rings. The van der Waals surface area contributed by atoms with Crippen molar-refractivity contribution in [2.24, 2.45) is 0 Å². The third kappa shape index (κ3) is 13.1. The van der Waals surface area contributed by atoms with Gasteiger partial charge in [-0.2, -0.15) is 0 Å². The van der Waals surface area contributed by atoms with E-state index in [1.54, 1.807) is 0 Å². The van der Waals surface area contributed by atoms with Crippen LogP contribution >= 0.6 is 70.4 Å². The van der Waals surface area contributed by atoms with Gasteiger partial charge in [0.25, 0.3) is 0 Å². The Kier molecular flexibility index (Phi) is 18.2. The molecule has 4 nitrogen and oxygen atoms in total. The van der Waals surface area contributed by atoms with Crippen molar-refractivity contribution < 1.29 is 18.6 Å². The summed E-state index contributed by atoms with van der Waals surface area (Å²) >= 11 is 12.8. The zero-order valence-corrected chi connectivity index (χ0v) is 44.4. The number of hydrogen-bond donors (Lipinski definition) is 0. The SMILES string of the molecule is Brc1cccc(-c2cccc(-c3cccc(-c4cccc(Br)c4)c3)c2)c1.Brc1cccc(I)c1.C.C.CC1(C)OB(c2cccc(-c3cccc(B4OC(C)(C)C(C)(C)O4)c3)c2)OC1(C)C. The lowest BCUT2D eigenvalue weighted by molar-refractivity contribution is 0.00578. The molecule has 0 aromatic heterocycles. The first-order valence-electron chi connectivity index (χ1n) is 21.3. The molecule has 2 aliphatic heterocycles. The Bertz CT molecular complexity index is 2530. The molecule has 0 bridgehead atoms. The van der Waals surface area contributed by atoms with Crippen molar-refractivity contribution in [3.8, 4) is 44.5 Å². The van der Waals surface area contributed by atoms with Gasteiger partial charge < -0.3 is 18.6 Å². The van der Waals surface area contributed by atoms with E-state index in [-0.39, 0.29) is 51.5 Å². The van der Waals surface area contributed by atoms with E-state index in [0.29, 0.717) is 0 Å². The standard InChI is InChI=1S/C24H32B2O4.C24H16Br2.C6H4BrI.2CH4/c1-21(2)22(3,4)28-25(27-21)19-13-9-11-17(15-19)18-12-10-14-20(16-18)26-29-23(5,6)24(7,8)30-26;25-23-11-3-9-21(15-23)19-7-1-5-17(13-19)18-6-2-8-20(14-18)22-10-4-12-24(26)16-22;7-5-2-1-3-6(8)4-5;;/h9-16H,1-8H3;1-16H;1-4H;2*1H4. The number of benzene rings is 7. The van der Waals surface area contributed by atoms with Crippen LogP contribution in [0.4, 0.5) is 0 Å². The van der Waals surface area contributed by atoms with Crippen LogP contribution in [0.5, 0.6) is 0 Å². The first kappa shape index (κ1) is 53.6. The average Bonchev–Trinajstić information content (AvgIpc) is 3.63. The maximum absolute atomic E-state index is 6.23. The second kappa shape index (κ2) is 22.4. The van der Waals surface area contributed by atoms with Crippen LogP contribution in [0.3, 0.4) is 0 Å². The van der Waals surface area contributed by atoms with E-state index >= 15 is 0 Å². The average molecular weight is 1190 g/mol. The van der Waals surface area contributed by atoms with Crippen LogP contribution in [-0.4, -0.2) is 36.6 Å². The molecule has 2 heterocycles. The molecular formula is C56H60B2Br3IO4. The van der Waals surface area contributed by atoms with E-state index in [2.05, 4.69) is 283 Å². The van der Waals surface area contributed by atoms with Crippen LogP contribution in [0, 0.1) is 3.57 Å². The molecule has 0 aliphatic carbocycles. The Hall–Kier alpha value is -3.32. The molecule has 342 valence electrons. The highest BCUT2D eigenvalue weighted by Crippen LogP contribution is 2.38. The van der Waals surface area contributed by atoms with Crippen LogP contribution in [-0.2, 0) is 18.6 Å².